The molecule has 0 unspecified atom stereocenters. The highest BCUT2D eigenvalue weighted by Gasteiger charge is 2.26. The molecule has 0 atom stereocenters. The van der Waals surface area contributed by atoms with Crippen LogP contribution in [-0.4, -0.2) is 16.1 Å². The zero-order valence-electron chi connectivity index (χ0n) is 7.69. The molecule has 0 aromatic carbocycles. The Labute approximate surface area is 85.8 Å². The van der Waals surface area contributed by atoms with Crippen LogP contribution in [0.4, 0.5) is 5.13 Å². The number of aromatic carboxylic acids is 1. The van der Waals surface area contributed by atoms with E-state index in [1.165, 1.54) is 24.2 Å². The summed E-state index contributed by atoms with van der Waals surface area (Å²) in [4.78, 5) is 15.6. The zero-order chi connectivity index (χ0) is 10.1. The van der Waals surface area contributed by atoms with Crippen LogP contribution in [0.3, 0.4) is 0 Å². The largest absolute Gasteiger partial charge is 0.476 e. The van der Waals surface area contributed by atoms with E-state index < -0.39 is 5.97 Å². The minimum atomic E-state index is -0.958. The molecule has 0 bridgehead atoms. The summed E-state index contributed by atoms with van der Waals surface area (Å²) in [6.45, 7) is 0. The third kappa shape index (κ3) is 1.59. The fraction of sp³-hybridized carbons (Fsp3) is 0.556. The number of carboxylic acid groups (broad SMARTS) is 1. The number of hydrogen-bond acceptors (Lipinski definition) is 4. The van der Waals surface area contributed by atoms with Crippen LogP contribution in [-0.2, 0) is 0 Å². The number of hydrogen-bond donors (Lipinski definition) is 2. The Morgan fingerprint density at radius 1 is 1.50 bits per heavy atom. The van der Waals surface area contributed by atoms with Crippen LogP contribution in [0.1, 0.15) is 47.0 Å². The summed E-state index contributed by atoms with van der Waals surface area (Å²) in [5.41, 5.74) is 5.70. The van der Waals surface area contributed by atoms with Crippen molar-refractivity contribution in [3.8, 4) is 0 Å². The fourth-order valence-corrected chi connectivity index (χ4v) is 2.96. The molecule has 1 heterocycles. The number of thiazole rings is 1. The average Bonchev–Trinajstić information content (AvgIpc) is 2.70. The quantitative estimate of drug-likeness (QED) is 0.786. The minimum absolute atomic E-state index is 0.166. The van der Waals surface area contributed by atoms with Crippen molar-refractivity contribution in [2.75, 3.05) is 5.73 Å². The van der Waals surface area contributed by atoms with Gasteiger partial charge in [0.15, 0.2) is 10.8 Å². The van der Waals surface area contributed by atoms with E-state index in [9.17, 15) is 4.79 Å². The van der Waals surface area contributed by atoms with Crippen LogP contribution in [0.25, 0.3) is 0 Å². The van der Waals surface area contributed by atoms with E-state index in [2.05, 4.69) is 4.98 Å². The summed E-state index contributed by atoms with van der Waals surface area (Å²) < 4.78 is 0. The van der Waals surface area contributed by atoms with Gasteiger partial charge in [-0.15, -0.1) is 11.3 Å². The third-order valence-electron chi connectivity index (χ3n) is 2.60. The lowest BCUT2D eigenvalue weighted by Crippen LogP contribution is -2.03. The van der Waals surface area contributed by atoms with Gasteiger partial charge in [-0.25, -0.2) is 9.78 Å². The van der Waals surface area contributed by atoms with Crippen LogP contribution in [0.15, 0.2) is 0 Å². The van der Waals surface area contributed by atoms with Crippen molar-refractivity contribution in [2.24, 2.45) is 0 Å². The Morgan fingerprint density at radius 2 is 2.14 bits per heavy atom. The SMILES string of the molecule is Nc1nc(C(=O)O)c(C2CCCC2)s1. The van der Waals surface area contributed by atoms with E-state index >= 15 is 0 Å². The van der Waals surface area contributed by atoms with Crippen molar-refractivity contribution in [1.29, 1.82) is 0 Å². The first-order valence-electron chi connectivity index (χ1n) is 4.68. The van der Waals surface area contributed by atoms with Gasteiger partial charge in [-0.2, -0.15) is 0 Å². The molecule has 2 rings (SSSR count). The van der Waals surface area contributed by atoms with Gasteiger partial charge in [0.05, 0.1) is 0 Å². The topological polar surface area (TPSA) is 76.2 Å². The molecule has 14 heavy (non-hydrogen) atoms. The first kappa shape index (κ1) is 9.45. The Balaban J connectivity index is 2.35. The fourth-order valence-electron chi connectivity index (χ4n) is 1.97. The zero-order valence-corrected chi connectivity index (χ0v) is 8.51. The van der Waals surface area contributed by atoms with Crippen LogP contribution >= 0.6 is 11.3 Å². The maximum atomic E-state index is 10.9. The molecule has 0 saturated heterocycles. The molecule has 0 radical (unpaired) electrons. The molecule has 0 amide bonds. The van der Waals surface area contributed by atoms with Crippen molar-refractivity contribution < 1.29 is 9.90 Å². The van der Waals surface area contributed by atoms with Gasteiger partial charge in [-0.05, 0) is 18.8 Å². The van der Waals surface area contributed by atoms with Crippen molar-refractivity contribution in [1.82, 2.24) is 4.98 Å². The van der Waals surface area contributed by atoms with E-state index in [4.69, 9.17) is 10.8 Å². The second-order valence-electron chi connectivity index (χ2n) is 3.55. The standard InChI is InChI=1S/C9H12N2O2S/c10-9-11-6(8(12)13)7(14-9)5-3-1-2-4-5/h5H,1-4H2,(H2,10,11)(H,12,13). The molecule has 1 aromatic rings. The number of carboxylic acids is 1. The average molecular weight is 212 g/mol. The summed E-state index contributed by atoms with van der Waals surface area (Å²) in [6.07, 6.45) is 4.51. The van der Waals surface area contributed by atoms with Crippen molar-refractivity contribution >= 4 is 22.4 Å². The molecular weight excluding hydrogens is 200 g/mol. The third-order valence-corrected chi connectivity index (χ3v) is 3.65. The number of rotatable bonds is 2. The normalized spacial score (nSPS) is 17.4. The lowest BCUT2D eigenvalue weighted by Gasteiger charge is -2.05. The van der Waals surface area contributed by atoms with Gasteiger partial charge < -0.3 is 10.8 Å². The van der Waals surface area contributed by atoms with Gasteiger partial charge in [-0.1, -0.05) is 12.8 Å². The van der Waals surface area contributed by atoms with Crippen LogP contribution < -0.4 is 5.73 Å². The summed E-state index contributed by atoms with van der Waals surface area (Å²) in [5, 5.41) is 9.29. The maximum absolute atomic E-state index is 10.9. The van der Waals surface area contributed by atoms with Crippen molar-refractivity contribution in [3.63, 3.8) is 0 Å². The van der Waals surface area contributed by atoms with Crippen molar-refractivity contribution in [2.45, 2.75) is 31.6 Å². The Hall–Kier alpha value is -1.10. The predicted molar refractivity (Wildman–Crippen MR) is 54.7 cm³/mol. The number of nitrogens with zero attached hydrogens (tertiary/aromatic N) is 1. The smallest absolute Gasteiger partial charge is 0.355 e. The van der Waals surface area contributed by atoms with Gasteiger partial charge in [0, 0.05) is 4.88 Å². The second-order valence-corrected chi connectivity index (χ2v) is 4.61. The first-order chi connectivity index (χ1) is 6.68. The van der Waals surface area contributed by atoms with E-state index in [0.717, 1.165) is 17.7 Å². The number of nitrogen functional groups attached to an aromatic ring is 1. The van der Waals surface area contributed by atoms with Gasteiger partial charge in [0.25, 0.3) is 0 Å². The highest BCUT2D eigenvalue weighted by Crippen LogP contribution is 2.39. The van der Waals surface area contributed by atoms with Gasteiger partial charge >= 0.3 is 5.97 Å². The van der Waals surface area contributed by atoms with Gasteiger partial charge in [0.1, 0.15) is 0 Å². The molecule has 1 fully saturated rings. The predicted octanol–water partition coefficient (Wildman–Crippen LogP) is 2.08. The monoisotopic (exact) mass is 212 g/mol. The Kier molecular flexibility index (Phi) is 2.41. The second kappa shape index (κ2) is 3.57. The van der Waals surface area contributed by atoms with Crippen LogP contribution in [0, 0.1) is 0 Å². The minimum Gasteiger partial charge on any atom is -0.476 e. The molecule has 1 aromatic heterocycles. The Morgan fingerprint density at radius 3 is 2.71 bits per heavy atom. The van der Waals surface area contributed by atoms with Crippen LogP contribution in [0.5, 0.6) is 0 Å². The van der Waals surface area contributed by atoms with Crippen molar-refractivity contribution in [3.05, 3.63) is 10.6 Å². The summed E-state index contributed by atoms with van der Waals surface area (Å²) in [7, 11) is 0. The molecule has 3 N–H and O–H groups in total. The number of anilines is 1. The maximum Gasteiger partial charge on any atom is 0.355 e. The summed E-state index contributed by atoms with van der Waals surface area (Å²) in [6, 6.07) is 0. The van der Waals surface area contributed by atoms with E-state index in [-0.39, 0.29) is 5.69 Å². The first-order valence-corrected chi connectivity index (χ1v) is 5.49. The summed E-state index contributed by atoms with van der Waals surface area (Å²) >= 11 is 1.33. The van der Waals surface area contributed by atoms with E-state index in [1.54, 1.807) is 0 Å². The molecule has 4 nitrogen and oxygen atoms in total. The molecule has 1 aliphatic rings. The molecular formula is C9H12N2O2S. The van der Waals surface area contributed by atoms with Gasteiger partial charge in [0.2, 0.25) is 0 Å². The molecule has 0 spiro atoms. The molecule has 1 saturated carbocycles. The molecule has 76 valence electrons. The molecule has 5 heteroatoms. The van der Waals surface area contributed by atoms with E-state index in [1.807, 2.05) is 0 Å². The van der Waals surface area contributed by atoms with Gasteiger partial charge in [-0.3, -0.25) is 0 Å². The van der Waals surface area contributed by atoms with E-state index in [0.29, 0.717) is 11.0 Å². The highest BCUT2D eigenvalue weighted by atomic mass is 32.1. The lowest BCUT2D eigenvalue weighted by atomic mass is 10.1. The Bertz CT molecular complexity index is 356. The summed E-state index contributed by atoms with van der Waals surface area (Å²) in [5.74, 6) is -0.587. The number of nitrogens with two attached hydrogens (primary N) is 1. The number of carbonyl (C=O) groups is 1. The van der Waals surface area contributed by atoms with Crippen LogP contribution in [0.2, 0.25) is 0 Å². The number of aromatic nitrogens is 1. The molecule has 0 aliphatic heterocycles. The molecule has 1 aliphatic carbocycles. The highest BCUT2D eigenvalue weighted by molar-refractivity contribution is 7.15. The lowest BCUT2D eigenvalue weighted by molar-refractivity contribution is 0.0690.